The van der Waals surface area contributed by atoms with Crippen LogP contribution in [0.1, 0.15) is 42.9 Å². The largest absolute Gasteiger partial charge is 0.246 e. The van der Waals surface area contributed by atoms with Crippen LogP contribution in [0.3, 0.4) is 0 Å². The van der Waals surface area contributed by atoms with Crippen molar-refractivity contribution in [3.63, 3.8) is 0 Å². The highest BCUT2D eigenvalue weighted by atomic mass is 32.2. The highest BCUT2D eigenvalue weighted by Gasteiger charge is 2.34. The van der Waals surface area contributed by atoms with Gasteiger partial charge in [0.05, 0.1) is 6.04 Å². The monoisotopic (exact) mass is 347 g/mol. The number of hydrogen-bond donors (Lipinski definition) is 0. The van der Waals surface area contributed by atoms with Gasteiger partial charge in [-0.3, -0.25) is 0 Å². The van der Waals surface area contributed by atoms with Crippen LogP contribution in [0.2, 0.25) is 0 Å². The number of benzene rings is 2. The highest BCUT2D eigenvalue weighted by Crippen LogP contribution is 2.35. The lowest BCUT2D eigenvalue weighted by Gasteiger charge is -2.30. The minimum atomic E-state index is -3.87. The van der Waals surface area contributed by atoms with Gasteiger partial charge < -0.3 is 0 Å². The summed E-state index contributed by atoms with van der Waals surface area (Å²) in [5, 5.41) is 0. The summed E-state index contributed by atoms with van der Waals surface area (Å²) < 4.78 is 41.9. The second-order valence-corrected chi connectivity index (χ2v) is 8.18. The van der Waals surface area contributed by atoms with Crippen LogP contribution in [0.15, 0.2) is 53.4 Å². The van der Waals surface area contributed by atoms with Crippen molar-refractivity contribution in [3.05, 3.63) is 65.5 Å². The second kappa shape index (κ2) is 7.03. The quantitative estimate of drug-likeness (QED) is 0.823. The molecule has 1 saturated heterocycles. The molecule has 1 unspecified atom stereocenters. The summed E-state index contributed by atoms with van der Waals surface area (Å²) in [5.41, 5.74) is 2.08. The van der Waals surface area contributed by atoms with Gasteiger partial charge >= 0.3 is 0 Å². The van der Waals surface area contributed by atoms with E-state index in [-0.39, 0.29) is 10.9 Å². The Hall–Kier alpha value is -1.72. The van der Waals surface area contributed by atoms with E-state index in [2.05, 4.69) is 0 Å². The van der Waals surface area contributed by atoms with E-state index in [1.807, 2.05) is 31.2 Å². The lowest BCUT2D eigenvalue weighted by molar-refractivity contribution is 0.327. The molecule has 2 aromatic rings. The number of halogens is 1. The first-order chi connectivity index (χ1) is 11.5. The molecule has 0 aromatic heterocycles. The molecule has 0 amide bonds. The van der Waals surface area contributed by atoms with Gasteiger partial charge in [-0.2, -0.15) is 4.31 Å². The summed E-state index contributed by atoms with van der Waals surface area (Å²) in [6, 6.07) is 13.3. The maximum absolute atomic E-state index is 14.1. The fourth-order valence-electron chi connectivity index (χ4n) is 3.36. The molecule has 1 aliphatic heterocycles. The third kappa shape index (κ3) is 3.37. The Balaban J connectivity index is 2.06. The molecular weight excluding hydrogens is 325 g/mol. The van der Waals surface area contributed by atoms with Crippen LogP contribution in [-0.4, -0.2) is 19.3 Å². The van der Waals surface area contributed by atoms with Gasteiger partial charge in [-0.05, 0) is 37.5 Å². The van der Waals surface area contributed by atoms with E-state index >= 15 is 0 Å². The summed E-state index contributed by atoms with van der Waals surface area (Å²) in [6.07, 6.45) is 3.53. The standard InChI is InChI=1S/C19H22FNO2S/c1-15-8-7-9-16(14-15)18-11-3-2-6-13-21(18)24(22,23)19-12-5-4-10-17(19)20/h4-5,7-10,12,14,18H,2-3,6,11,13H2,1H3. The molecule has 1 atom stereocenters. The maximum Gasteiger partial charge on any atom is 0.246 e. The molecule has 1 heterocycles. The molecule has 128 valence electrons. The highest BCUT2D eigenvalue weighted by molar-refractivity contribution is 7.89. The molecule has 24 heavy (non-hydrogen) atoms. The fraction of sp³-hybridized carbons (Fsp3) is 0.368. The Bertz CT molecular complexity index is 820. The number of sulfonamides is 1. The molecule has 0 saturated carbocycles. The van der Waals surface area contributed by atoms with E-state index in [1.54, 1.807) is 6.07 Å². The SMILES string of the molecule is Cc1cccc(C2CCCCCN2S(=O)(=O)c2ccccc2F)c1. The summed E-state index contributed by atoms with van der Waals surface area (Å²) >= 11 is 0. The minimum absolute atomic E-state index is 0.232. The number of aryl methyl sites for hydroxylation is 1. The van der Waals surface area contributed by atoms with Crippen LogP contribution in [-0.2, 0) is 10.0 Å². The van der Waals surface area contributed by atoms with Crippen molar-refractivity contribution < 1.29 is 12.8 Å². The van der Waals surface area contributed by atoms with Gasteiger partial charge in [0.15, 0.2) is 0 Å². The fourth-order valence-corrected chi connectivity index (χ4v) is 5.11. The molecule has 5 heteroatoms. The molecule has 1 aliphatic rings. The average molecular weight is 347 g/mol. The molecule has 0 aliphatic carbocycles. The molecule has 3 nitrogen and oxygen atoms in total. The van der Waals surface area contributed by atoms with Gasteiger partial charge in [0.2, 0.25) is 10.0 Å². The normalized spacial score (nSPS) is 19.8. The topological polar surface area (TPSA) is 37.4 Å². The first-order valence-corrected chi connectivity index (χ1v) is 9.77. The predicted octanol–water partition coefficient (Wildman–Crippen LogP) is 4.44. The summed E-state index contributed by atoms with van der Waals surface area (Å²) in [7, 11) is -3.87. The number of rotatable bonds is 3. The van der Waals surface area contributed by atoms with Gasteiger partial charge in [-0.15, -0.1) is 0 Å². The second-order valence-electron chi connectivity index (χ2n) is 6.33. The van der Waals surface area contributed by atoms with E-state index in [0.717, 1.165) is 36.8 Å². The van der Waals surface area contributed by atoms with Gasteiger partial charge in [0, 0.05) is 6.54 Å². The predicted molar refractivity (Wildman–Crippen MR) is 92.7 cm³/mol. The molecule has 2 aromatic carbocycles. The summed E-state index contributed by atoms with van der Waals surface area (Å²) in [6.45, 7) is 2.42. The van der Waals surface area contributed by atoms with Crippen molar-refractivity contribution in [2.75, 3.05) is 6.54 Å². The molecule has 1 fully saturated rings. The molecule has 3 rings (SSSR count). The first kappa shape index (κ1) is 17.1. The maximum atomic E-state index is 14.1. The van der Waals surface area contributed by atoms with Crippen LogP contribution in [0, 0.1) is 12.7 Å². The Kier molecular flexibility index (Phi) is 5.01. The molecule has 0 N–H and O–H groups in total. The van der Waals surface area contributed by atoms with Crippen molar-refractivity contribution in [3.8, 4) is 0 Å². The molecule has 0 spiro atoms. The molecule has 0 radical (unpaired) electrons. The van der Waals surface area contributed by atoms with Crippen LogP contribution in [0.25, 0.3) is 0 Å². The van der Waals surface area contributed by atoms with Crippen molar-refractivity contribution in [1.29, 1.82) is 0 Å². The summed E-state index contributed by atoms with van der Waals surface area (Å²) in [4.78, 5) is -0.232. The number of hydrogen-bond acceptors (Lipinski definition) is 2. The zero-order chi connectivity index (χ0) is 17.2. The van der Waals surface area contributed by atoms with Crippen molar-refractivity contribution >= 4 is 10.0 Å². The first-order valence-electron chi connectivity index (χ1n) is 8.33. The van der Waals surface area contributed by atoms with Gasteiger partial charge in [-0.25, -0.2) is 12.8 Å². The van der Waals surface area contributed by atoms with Gasteiger partial charge in [0.25, 0.3) is 0 Å². The zero-order valence-electron chi connectivity index (χ0n) is 13.8. The third-order valence-electron chi connectivity index (χ3n) is 4.55. The van der Waals surface area contributed by atoms with Gasteiger partial charge in [-0.1, -0.05) is 54.8 Å². The zero-order valence-corrected chi connectivity index (χ0v) is 14.6. The molecular formula is C19H22FNO2S. The number of nitrogens with zero attached hydrogens (tertiary/aromatic N) is 1. The Labute approximate surface area is 143 Å². The van der Waals surface area contributed by atoms with Crippen LogP contribution < -0.4 is 0 Å². The smallest absolute Gasteiger partial charge is 0.207 e. The van der Waals surface area contributed by atoms with E-state index in [9.17, 15) is 12.8 Å². The van der Waals surface area contributed by atoms with Crippen LogP contribution >= 0.6 is 0 Å². The van der Waals surface area contributed by atoms with Crippen molar-refractivity contribution in [1.82, 2.24) is 4.31 Å². The van der Waals surface area contributed by atoms with E-state index < -0.39 is 15.8 Å². The van der Waals surface area contributed by atoms with E-state index in [1.165, 1.54) is 22.5 Å². The lowest BCUT2D eigenvalue weighted by Crippen LogP contribution is -2.35. The summed E-state index contributed by atoms with van der Waals surface area (Å²) in [5.74, 6) is -0.690. The van der Waals surface area contributed by atoms with Gasteiger partial charge in [0.1, 0.15) is 10.7 Å². The van der Waals surface area contributed by atoms with Crippen molar-refractivity contribution in [2.45, 2.75) is 43.5 Å². The minimum Gasteiger partial charge on any atom is -0.207 e. The molecule has 0 bridgehead atoms. The van der Waals surface area contributed by atoms with E-state index in [4.69, 9.17) is 0 Å². The Morgan fingerprint density at radius 2 is 1.83 bits per heavy atom. The van der Waals surface area contributed by atoms with Crippen molar-refractivity contribution in [2.24, 2.45) is 0 Å². The average Bonchev–Trinajstić information content (AvgIpc) is 2.81. The van der Waals surface area contributed by atoms with Crippen LogP contribution in [0.4, 0.5) is 4.39 Å². The Morgan fingerprint density at radius 3 is 2.58 bits per heavy atom. The van der Waals surface area contributed by atoms with E-state index in [0.29, 0.717) is 6.54 Å². The van der Waals surface area contributed by atoms with Crippen LogP contribution in [0.5, 0.6) is 0 Å². The Morgan fingerprint density at radius 1 is 1.04 bits per heavy atom. The third-order valence-corrected chi connectivity index (χ3v) is 6.50. The lowest BCUT2D eigenvalue weighted by atomic mass is 10.0.